The third kappa shape index (κ3) is 4.05. The molecule has 0 spiro atoms. The van der Waals surface area contributed by atoms with E-state index in [0.717, 1.165) is 22.4 Å². The summed E-state index contributed by atoms with van der Waals surface area (Å²) in [6.07, 6.45) is 3.87. The number of ether oxygens (including phenoxy) is 2. The van der Waals surface area contributed by atoms with Crippen LogP contribution in [0.5, 0.6) is 11.5 Å². The van der Waals surface area contributed by atoms with E-state index in [1.807, 2.05) is 97.9 Å². The number of benzene rings is 3. The average Bonchev–Trinajstić information content (AvgIpc) is 3.14. The predicted octanol–water partition coefficient (Wildman–Crippen LogP) is 5.59. The highest BCUT2D eigenvalue weighted by atomic mass is 16.5. The van der Waals surface area contributed by atoms with Crippen LogP contribution in [0.1, 0.15) is 18.1 Å². The molecule has 1 amide bonds. The lowest BCUT2D eigenvalue weighted by atomic mass is 9.95. The van der Waals surface area contributed by atoms with Gasteiger partial charge in [-0.25, -0.2) is 0 Å². The van der Waals surface area contributed by atoms with Crippen molar-refractivity contribution in [3.8, 4) is 11.5 Å². The molecule has 0 radical (unpaired) electrons. The van der Waals surface area contributed by atoms with Gasteiger partial charge in [-0.3, -0.25) is 4.79 Å². The highest BCUT2D eigenvalue weighted by molar-refractivity contribution is 6.34. The van der Waals surface area contributed by atoms with Crippen molar-refractivity contribution in [3.05, 3.63) is 102 Å². The molecule has 1 aliphatic heterocycles. The van der Waals surface area contributed by atoms with Crippen LogP contribution in [-0.4, -0.2) is 25.8 Å². The third-order valence-electron chi connectivity index (χ3n) is 5.24. The number of allylic oxidation sites excluding steroid dienone is 2. The van der Waals surface area contributed by atoms with Crippen molar-refractivity contribution in [2.75, 3.05) is 19.2 Å². The van der Waals surface area contributed by atoms with Gasteiger partial charge < -0.3 is 9.47 Å². The highest BCUT2D eigenvalue weighted by Gasteiger charge is 2.31. The third-order valence-corrected chi connectivity index (χ3v) is 5.24. The number of hydrogen-bond acceptors (Lipinski definition) is 4. The van der Waals surface area contributed by atoms with Gasteiger partial charge in [0.05, 0.1) is 31.2 Å². The van der Waals surface area contributed by atoms with Gasteiger partial charge in [-0.15, -0.1) is 0 Å². The molecule has 0 aromatic heterocycles. The van der Waals surface area contributed by atoms with E-state index in [-0.39, 0.29) is 5.91 Å². The first-order chi connectivity index (χ1) is 15.6. The number of nitrogens with zero attached hydrogens (tertiary/aromatic N) is 2. The lowest BCUT2D eigenvalue weighted by Gasteiger charge is -2.13. The number of carbonyl (C=O) groups is 1. The Morgan fingerprint density at radius 3 is 2.22 bits per heavy atom. The minimum atomic E-state index is -0.158. The maximum atomic E-state index is 13.4. The number of carbonyl (C=O) groups excluding carboxylic acids is 1. The van der Waals surface area contributed by atoms with Crippen LogP contribution in [0.4, 0.5) is 5.69 Å². The molecule has 0 saturated carbocycles. The molecule has 0 atom stereocenters. The number of hydrazone groups is 1. The summed E-state index contributed by atoms with van der Waals surface area (Å²) < 4.78 is 11.0. The fraction of sp³-hybridized carbons (Fsp3) is 0.111. The molecule has 1 heterocycles. The summed E-state index contributed by atoms with van der Waals surface area (Å²) in [6.45, 7) is 1.86. The van der Waals surface area contributed by atoms with Crippen LogP contribution in [-0.2, 0) is 4.79 Å². The molecule has 5 heteroatoms. The van der Waals surface area contributed by atoms with Gasteiger partial charge in [0.2, 0.25) is 0 Å². The molecule has 0 bridgehead atoms. The first-order valence-electron chi connectivity index (χ1n) is 10.3. The van der Waals surface area contributed by atoms with Crippen molar-refractivity contribution in [1.29, 1.82) is 0 Å². The maximum Gasteiger partial charge on any atom is 0.281 e. The monoisotopic (exact) mass is 424 g/mol. The van der Waals surface area contributed by atoms with Gasteiger partial charge in [0.1, 0.15) is 0 Å². The fourth-order valence-corrected chi connectivity index (χ4v) is 3.72. The smallest absolute Gasteiger partial charge is 0.281 e. The van der Waals surface area contributed by atoms with E-state index in [1.54, 1.807) is 14.2 Å². The Hall–Kier alpha value is -4.12. The van der Waals surface area contributed by atoms with E-state index in [2.05, 4.69) is 5.10 Å². The van der Waals surface area contributed by atoms with E-state index < -0.39 is 0 Å². The summed E-state index contributed by atoms with van der Waals surface area (Å²) in [7, 11) is 3.22. The summed E-state index contributed by atoms with van der Waals surface area (Å²) >= 11 is 0. The zero-order chi connectivity index (χ0) is 22.5. The second-order valence-electron chi connectivity index (χ2n) is 7.21. The number of amides is 1. The topological polar surface area (TPSA) is 51.1 Å². The number of methoxy groups -OCH3 is 2. The van der Waals surface area contributed by atoms with Crippen LogP contribution in [0.3, 0.4) is 0 Å². The number of hydrogen-bond donors (Lipinski definition) is 0. The van der Waals surface area contributed by atoms with Crippen LogP contribution >= 0.6 is 0 Å². The first-order valence-corrected chi connectivity index (χ1v) is 10.3. The summed E-state index contributed by atoms with van der Waals surface area (Å²) in [6, 6.07) is 25.0. The fourth-order valence-electron chi connectivity index (χ4n) is 3.72. The summed E-state index contributed by atoms with van der Waals surface area (Å²) in [5.74, 6) is 1.13. The standard InChI is InChI=1S/C27H24N2O3/c1-19-25(27(30)29(28-19)22-14-8-5-9-15-22)23(20-11-6-4-7-12-20)18-17-21-13-10-16-24(31-2)26(21)32-3/h4-18H,1-3H3/b18-17+,25-23-. The molecule has 160 valence electrons. The van der Waals surface area contributed by atoms with Crippen LogP contribution in [0.2, 0.25) is 0 Å². The molecule has 3 aromatic carbocycles. The predicted molar refractivity (Wildman–Crippen MR) is 129 cm³/mol. The molecule has 0 fully saturated rings. The first kappa shape index (κ1) is 21.1. The van der Waals surface area contributed by atoms with Gasteiger partial charge in [-0.2, -0.15) is 10.1 Å². The van der Waals surface area contributed by atoms with Crippen molar-refractivity contribution in [1.82, 2.24) is 0 Å². The Bertz CT molecular complexity index is 1210. The molecule has 32 heavy (non-hydrogen) atoms. The second-order valence-corrected chi connectivity index (χ2v) is 7.21. The van der Waals surface area contributed by atoms with E-state index in [1.165, 1.54) is 5.01 Å². The number of rotatable bonds is 6. The highest BCUT2D eigenvalue weighted by Crippen LogP contribution is 2.34. The Morgan fingerprint density at radius 1 is 0.875 bits per heavy atom. The Labute approximate surface area is 187 Å². The lowest BCUT2D eigenvalue weighted by Crippen LogP contribution is -2.21. The van der Waals surface area contributed by atoms with Gasteiger partial charge in [0.15, 0.2) is 11.5 Å². The molecule has 0 unspecified atom stereocenters. The Kier molecular flexibility index (Phi) is 6.17. The van der Waals surface area contributed by atoms with Gasteiger partial charge >= 0.3 is 0 Å². The summed E-state index contributed by atoms with van der Waals surface area (Å²) in [5, 5.41) is 6.00. The summed E-state index contributed by atoms with van der Waals surface area (Å²) in [4.78, 5) is 13.4. The van der Waals surface area contributed by atoms with Crippen molar-refractivity contribution in [2.24, 2.45) is 5.10 Å². The largest absolute Gasteiger partial charge is 0.493 e. The van der Waals surface area contributed by atoms with Gasteiger partial charge in [0, 0.05) is 5.56 Å². The Morgan fingerprint density at radius 2 is 1.56 bits per heavy atom. The van der Waals surface area contributed by atoms with E-state index in [4.69, 9.17) is 9.47 Å². The minimum Gasteiger partial charge on any atom is -0.493 e. The van der Waals surface area contributed by atoms with Crippen molar-refractivity contribution >= 4 is 29.0 Å². The van der Waals surface area contributed by atoms with Crippen LogP contribution in [0.15, 0.2) is 95.6 Å². The number of anilines is 1. The van der Waals surface area contributed by atoms with Gasteiger partial charge in [-0.1, -0.05) is 72.8 Å². The molecule has 4 rings (SSSR count). The Balaban J connectivity index is 1.83. The zero-order valence-electron chi connectivity index (χ0n) is 18.3. The van der Waals surface area contributed by atoms with Crippen LogP contribution in [0, 0.1) is 0 Å². The molecule has 5 nitrogen and oxygen atoms in total. The van der Waals surface area contributed by atoms with Crippen LogP contribution in [0.25, 0.3) is 11.6 Å². The normalized spacial score (nSPS) is 15.2. The van der Waals surface area contributed by atoms with Crippen molar-refractivity contribution in [2.45, 2.75) is 6.92 Å². The van der Waals surface area contributed by atoms with Crippen molar-refractivity contribution in [3.63, 3.8) is 0 Å². The molecule has 0 saturated heterocycles. The molecule has 1 aliphatic rings. The molecular formula is C27H24N2O3. The van der Waals surface area contributed by atoms with E-state index >= 15 is 0 Å². The minimum absolute atomic E-state index is 0.158. The second kappa shape index (κ2) is 9.35. The van der Waals surface area contributed by atoms with Gasteiger partial charge in [0.25, 0.3) is 5.91 Å². The number of para-hydroxylation sites is 2. The van der Waals surface area contributed by atoms with E-state index in [9.17, 15) is 4.79 Å². The molecular weight excluding hydrogens is 400 g/mol. The average molecular weight is 425 g/mol. The SMILES string of the molecule is COc1cccc(/C=C/C(=C2/C(=O)N(c3ccccc3)N=C2C)c2ccccc2)c1OC. The van der Waals surface area contributed by atoms with Crippen molar-refractivity contribution < 1.29 is 14.3 Å². The maximum absolute atomic E-state index is 13.4. The quantitative estimate of drug-likeness (QED) is 0.485. The molecule has 3 aromatic rings. The molecule has 0 N–H and O–H groups in total. The summed E-state index contributed by atoms with van der Waals surface area (Å²) in [5.41, 5.74) is 4.54. The lowest BCUT2D eigenvalue weighted by molar-refractivity contribution is -0.114. The zero-order valence-corrected chi connectivity index (χ0v) is 18.3. The van der Waals surface area contributed by atoms with E-state index in [0.29, 0.717) is 22.8 Å². The molecule has 0 aliphatic carbocycles. The van der Waals surface area contributed by atoms with Gasteiger partial charge in [-0.05, 0) is 36.3 Å². The van der Waals surface area contributed by atoms with Crippen LogP contribution < -0.4 is 14.5 Å².